The van der Waals surface area contributed by atoms with Crippen molar-refractivity contribution in [3.05, 3.63) is 40.9 Å². The number of amides is 1. The van der Waals surface area contributed by atoms with Crippen molar-refractivity contribution in [1.82, 2.24) is 14.5 Å². The molecule has 5 heteroatoms. The van der Waals surface area contributed by atoms with E-state index in [4.69, 9.17) is 0 Å². The summed E-state index contributed by atoms with van der Waals surface area (Å²) in [7, 11) is 0. The smallest absolute Gasteiger partial charge is 0.261 e. The highest BCUT2D eigenvalue weighted by molar-refractivity contribution is 5.79. The van der Waals surface area contributed by atoms with Crippen LogP contribution < -0.4 is 5.56 Å². The van der Waals surface area contributed by atoms with Crippen molar-refractivity contribution in [3.63, 3.8) is 0 Å². The molecule has 5 nitrogen and oxygen atoms in total. The van der Waals surface area contributed by atoms with Gasteiger partial charge in [0.25, 0.3) is 5.56 Å². The molecule has 138 valence electrons. The molecular weight excluding hydrogens is 326 g/mol. The van der Waals surface area contributed by atoms with Gasteiger partial charge >= 0.3 is 0 Å². The summed E-state index contributed by atoms with van der Waals surface area (Å²) in [6.45, 7) is 2.59. The molecule has 2 aliphatic rings. The Balaban J connectivity index is 1.37. The summed E-state index contributed by atoms with van der Waals surface area (Å²) in [5.74, 6) is 1.02. The van der Waals surface area contributed by atoms with E-state index in [1.54, 1.807) is 10.9 Å². The van der Waals surface area contributed by atoms with Crippen molar-refractivity contribution in [1.29, 1.82) is 0 Å². The number of fused-ring (bicyclic) bond motifs is 1. The maximum Gasteiger partial charge on any atom is 0.261 e. The number of rotatable bonds is 3. The van der Waals surface area contributed by atoms with Gasteiger partial charge in [-0.3, -0.25) is 14.2 Å². The molecule has 1 aliphatic carbocycles. The Morgan fingerprint density at radius 2 is 1.77 bits per heavy atom. The van der Waals surface area contributed by atoms with E-state index in [1.165, 1.54) is 6.42 Å². The topological polar surface area (TPSA) is 55.2 Å². The fourth-order valence-corrected chi connectivity index (χ4v) is 4.48. The van der Waals surface area contributed by atoms with E-state index in [0.717, 1.165) is 57.1 Å². The van der Waals surface area contributed by atoms with Crippen LogP contribution in [0.3, 0.4) is 0 Å². The molecule has 1 aromatic heterocycles. The second-order valence-corrected chi connectivity index (χ2v) is 7.82. The number of hydrogen-bond acceptors (Lipinski definition) is 3. The SMILES string of the molecule is O=C(C1CCC(Cn2cnc3ccccc3c2=O)CC1)N1CCCCC1. The number of carbonyl (C=O) groups excluding carboxylic acids is 1. The molecule has 2 aromatic rings. The minimum absolute atomic E-state index is 0.0436. The van der Waals surface area contributed by atoms with Crippen LogP contribution in [0.5, 0.6) is 0 Å². The lowest BCUT2D eigenvalue weighted by Gasteiger charge is -2.34. The summed E-state index contributed by atoms with van der Waals surface area (Å²) in [4.78, 5) is 31.8. The Kier molecular flexibility index (Phi) is 5.05. The summed E-state index contributed by atoms with van der Waals surface area (Å²) in [5.41, 5.74) is 0.798. The zero-order valence-electron chi connectivity index (χ0n) is 15.3. The molecular formula is C21H27N3O2. The van der Waals surface area contributed by atoms with E-state index in [0.29, 0.717) is 23.8 Å². The van der Waals surface area contributed by atoms with Gasteiger partial charge in [-0.15, -0.1) is 0 Å². The highest BCUT2D eigenvalue weighted by atomic mass is 16.2. The van der Waals surface area contributed by atoms with Crippen molar-refractivity contribution in [2.75, 3.05) is 13.1 Å². The molecule has 1 saturated heterocycles. The average molecular weight is 353 g/mol. The van der Waals surface area contributed by atoms with Gasteiger partial charge in [-0.05, 0) is 63.0 Å². The van der Waals surface area contributed by atoms with Gasteiger partial charge in [-0.1, -0.05) is 12.1 Å². The molecule has 2 heterocycles. The van der Waals surface area contributed by atoms with Crippen molar-refractivity contribution in [3.8, 4) is 0 Å². The summed E-state index contributed by atoms with van der Waals surface area (Å²) < 4.78 is 1.75. The second-order valence-electron chi connectivity index (χ2n) is 7.82. The highest BCUT2D eigenvalue weighted by Crippen LogP contribution is 2.31. The average Bonchev–Trinajstić information content (AvgIpc) is 2.71. The number of benzene rings is 1. The van der Waals surface area contributed by atoms with E-state index in [-0.39, 0.29) is 11.5 Å². The fraction of sp³-hybridized carbons (Fsp3) is 0.571. The second kappa shape index (κ2) is 7.60. The van der Waals surface area contributed by atoms with Gasteiger partial charge in [-0.25, -0.2) is 4.98 Å². The molecule has 0 N–H and O–H groups in total. The normalized spacial score (nSPS) is 23.9. The van der Waals surface area contributed by atoms with Crippen molar-refractivity contribution >= 4 is 16.8 Å². The third-order valence-corrected chi connectivity index (χ3v) is 6.05. The lowest BCUT2D eigenvalue weighted by molar-refractivity contribution is -0.137. The van der Waals surface area contributed by atoms with Crippen molar-refractivity contribution < 1.29 is 4.79 Å². The van der Waals surface area contributed by atoms with E-state index in [1.807, 2.05) is 24.3 Å². The van der Waals surface area contributed by atoms with Crippen LogP contribution in [0, 0.1) is 11.8 Å². The molecule has 1 aliphatic heterocycles. The first-order valence-electron chi connectivity index (χ1n) is 9.95. The molecule has 1 aromatic carbocycles. The standard InChI is InChI=1S/C21H27N3O2/c25-20(23-12-4-1-5-13-23)17-10-8-16(9-11-17)14-24-15-22-19-7-3-2-6-18(19)21(24)26/h2-3,6-7,15-17H,1,4-5,8-14H2. The lowest BCUT2D eigenvalue weighted by Crippen LogP contribution is -2.41. The summed E-state index contributed by atoms with van der Waals surface area (Å²) in [6.07, 6.45) is 9.18. The fourth-order valence-electron chi connectivity index (χ4n) is 4.48. The van der Waals surface area contributed by atoms with Gasteiger partial charge in [0, 0.05) is 25.6 Å². The van der Waals surface area contributed by atoms with Crippen molar-refractivity contribution in [2.24, 2.45) is 11.8 Å². The molecule has 26 heavy (non-hydrogen) atoms. The van der Waals surface area contributed by atoms with Gasteiger partial charge < -0.3 is 4.90 Å². The lowest BCUT2D eigenvalue weighted by atomic mass is 9.81. The third kappa shape index (κ3) is 3.53. The highest BCUT2D eigenvalue weighted by Gasteiger charge is 2.30. The van der Waals surface area contributed by atoms with Crippen LogP contribution in [0.25, 0.3) is 10.9 Å². The van der Waals surface area contributed by atoms with Crippen LogP contribution in [-0.2, 0) is 11.3 Å². The Morgan fingerprint density at radius 1 is 1.04 bits per heavy atom. The number of nitrogens with zero attached hydrogens (tertiary/aromatic N) is 3. The molecule has 4 rings (SSSR count). The molecule has 0 radical (unpaired) electrons. The molecule has 0 unspecified atom stereocenters. The van der Waals surface area contributed by atoms with Gasteiger partial charge in [0.1, 0.15) is 0 Å². The van der Waals surface area contributed by atoms with Gasteiger partial charge in [-0.2, -0.15) is 0 Å². The van der Waals surface area contributed by atoms with Crippen LogP contribution in [0.1, 0.15) is 44.9 Å². The molecule has 0 bridgehead atoms. The first-order chi connectivity index (χ1) is 12.7. The van der Waals surface area contributed by atoms with Gasteiger partial charge in [0.05, 0.1) is 17.2 Å². The van der Waals surface area contributed by atoms with E-state index >= 15 is 0 Å². The maximum atomic E-state index is 12.7. The molecule has 0 spiro atoms. The van der Waals surface area contributed by atoms with Crippen LogP contribution >= 0.6 is 0 Å². The van der Waals surface area contributed by atoms with E-state index in [9.17, 15) is 9.59 Å². The Bertz CT molecular complexity index is 831. The number of likely N-dealkylation sites (tertiary alicyclic amines) is 1. The molecule has 2 fully saturated rings. The van der Waals surface area contributed by atoms with E-state index < -0.39 is 0 Å². The molecule has 0 atom stereocenters. The van der Waals surface area contributed by atoms with Crippen LogP contribution in [-0.4, -0.2) is 33.4 Å². The van der Waals surface area contributed by atoms with E-state index in [2.05, 4.69) is 9.88 Å². The number of carbonyl (C=O) groups is 1. The number of aromatic nitrogens is 2. The summed E-state index contributed by atoms with van der Waals surface area (Å²) in [5, 5.41) is 0.684. The van der Waals surface area contributed by atoms with Crippen LogP contribution in [0.15, 0.2) is 35.4 Å². The maximum absolute atomic E-state index is 12.7. The van der Waals surface area contributed by atoms with Gasteiger partial charge in [0.2, 0.25) is 5.91 Å². The summed E-state index contributed by atoms with van der Waals surface area (Å²) >= 11 is 0. The molecule has 1 saturated carbocycles. The first-order valence-corrected chi connectivity index (χ1v) is 9.95. The predicted molar refractivity (Wildman–Crippen MR) is 102 cm³/mol. The minimum Gasteiger partial charge on any atom is -0.342 e. The monoisotopic (exact) mass is 353 g/mol. The summed E-state index contributed by atoms with van der Waals surface area (Å²) in [6, 6.07) is 7.50. The quantitative estimate of drug-likeness (QED) is 0.851. The Morgan fingerprint density at radius 3 is 2.54 bits per heavy atom. The van der Waals surface area contributed by atoms with Crippen molar-refractivity contribution in [2.45, 2.75) is 51.5 Å². The van der Waals surface area contributed by atoms with Crippen LogP contribution in [0.2, 0.25) is 0 Å². The molecule has 1 amide bonds. The largest absolute Gasteiger partial charge is 0.342 e. The number of para-hydroxylation sites is 1. The zero-order valence-corrected chi connectivity index (χ0v) is 15.3. The third-order valence-electron chi connectivity index (χ3n) is 6.05. The first kappa shape index (κ1) is 17.3. The number of hydrogen-bond donors (Lipinski definition) is 0. The predicted octanol–water partition coefficient (Wildman–Crippen LogP) is 3.22. The Labute approximate surface area is 154 Å². The van der Waals surface area contributed by atoms with Gasteiger partial charge in [0.15, 0.2) is 0 Å². The zero-order chi connectivity index (χ0) is 17.9. The van der Waals surface area contributed by atoms with Crippen LogP contribution in [0.4, 0.5) is 0 Å². The Hall–Kier alpha value is -2.17. The number of piperidine rings is 1. The minimum atomic E-state index is 0.0436.